The van der Waals surface area contributed by atoms with E-state index in [1.165, 1.54) is 35.1 Å². The van der Waals surface area contributed by atoms with Gasteiger partial charge in [0.1, 0.15) is 18.9 Å². The minimum atomic E-state index is -0.691. The molecule has 5 heterocycles. The molecular weight excluding hydrogens is 478 g/mol. The van der Waals surface area contributed by atoms with E-state index in [1.54, 1.807) is 24.5 Å². The highest BCUT2D eigenvalue weighted by molar-refractivity contribution is 5.90. The van der Waals surface area contributed by atoms with Crippen LogP contribution in [0.15, 0.2) is 40.6 Å². The molecule has 2 unspecified atom stereocenters. The van der Waals surface area contributed by atoms with Crippen LogP contribution in [-0.4, -0.2) is 57.6 Å². The van der Waals surface area contributed by atoms with Crippen molar-refractivity contribution >= 4 is 28.8 Å². The van der Waals surface area contributed by atoms with Gasteiger partial charge in [-0.15, -0.1) is 0 Å². The normalized spacial score (nSPS) is 18.0. The SMILES string of the molecule is Cn1c(=O)n(CC#N)c(=O)c2c1ncn2CC(=O)Nc1ccnc(-c2cnc(N3CC4CC4C3)nc2)n1. The first kappa shape index (κ1) is 22.5. The number of hydrogen-bond donors (Lipinski definition) is 1. The van der Waals surface area contributed by atoms with E-state index in [-0.39, 0.29) is 23.5 Å². The lowest BCUT2D eigenvalue weighted by molar-refractivity contribution is -0.116. The molecule has 14 nitrogen and oxygen atoms in total. The minimum absolute atomic E-state index is 0.0448. The van der Waals surface area contributed by atoms with Crippen molar-refractivity contribution in [3.8, 4) is 17.5 Å². The number of nitriles is 1. The molecule has 186 valence electrons. The van der Waals surface area contributed by atoms with Gasteiger partial charge in [0.15, 0.2) is 17.0 Å². The van der Waals surface area contributed by atoms with Crippen LogP contribution in [0.2, 0.25) is 0 Å². The maximum absolute atomic E-state index is 12.8. The fourth-order valence-electron chi connectivity index (χ4n) is 4.72. The maximum atomic E-state index is 12.8. The molecule has 0 radical (unpaired) electrons. The van der Waals surface area contributed by atoms with Crippen LogP contribution < -0.4 is 21.5 Å². The molecule has 4 aromatic heterocycles. The van der Waals surface area contributed by atoms with E-state index in [4.69, 9.17) is 5.26 Å². The molecule has 1 N–H and O–H groups in total. The summed E-state index contributed by atoms with van der Waals surface area (Å²) in [5.41, 5.74) is -0.567. The number of aromatic nitrogens is 8. The summed E-state index contributed by atoms with van der Waals surface area (Å²) < 4.78 is 3.30. The summed E-state index contributed by atoms with van der Waals surface area (Å²) in [4.78, 5) is 61.8. The van der Waals surface area contributed by atoms with Crippen molar-refractivity contribution in [1.29, 1.82) is 5.26 Å². The molecular formula is C23H21N11O3. The molecule has 0 spiro atoms. The first-order valence-corrected chi connectivity index (χ1v) is 11.6. The number of anilines is 2. The second kappa shape index (κ2) is 8.63. The lowest BCUT2D eigenvalue weighted by Gasteiger charge is -2.17. The summed E-state index contributed by atoms with van der Waals surface area (Å²) in [5.74, 6) is 2.39. The molecule has 0 aromatic carbocycles. The van der Waals surface area contributed by atoms with Gasteiger partial charge >= 0.3 is 5.69 Å². The van der Waals surface area contributed by atoms with Crippen molar-refractivity contribution in [2.75, 3.05) is 23.3 Å². The Morgan fingerprint density at radius 2 is 1.92 bits per heavy atom. The van der Waals surface area contributed by atoms with E-state index in [0.29, 0.717) is 17.3 Å². The second-order valence-corrected chi connectivity index (χ2v) is 9.18. The number of piperidine rings is 1. The smallest absolute Gasteiger partial charge is 0.333 e. The zero-order chi connectivity index (χ0) is 25.7. The molecule has 1 saturated carbocycles. The average molecular weight is 499 g/mol. The van der Waals surface area contributed by atoms with Gasteiger partial charge in [-0.1, -0.05) is 0 Å². The zero-order valence-corrected chi connectivity index (χ0v) is 19.8. The number of nitrogens with zero attached hydrogens (tertiary/aromatic N) is 10. The van der Waals surface area contributed by atoms with Gasteiger partial charge in [0.05, 0.1) is 18.0 Å². The molecule has 1 saturated heterocycles. The van der Waals surface area contributed by atoms with Crippen LogP contribution in [0.4, 0.5) is 11.8 Å². The van der Waals surface area contributed by atoms with Crippen LogP contribution in [0.1, 0.15) is 6.42 Å². The van der Waals surface area contributed by atoms with Crippen LogP contribution in [0.5, 0.6) is 0 Å². The highest BCUT2D eigenvalue weighted by Crippen LogP contribution is 2.45. The van der Waals surface area contributed by atoms with Crippen molar-refractivity contribution in [3.63, 3.8) is 0 Å². The number of nitrogens with one attached hydrogen (secondary N) is 1. The molecule has 1 aliphatic heterocycles. The molecule has 6 rings (SSSR count). The lowest BCUT2D eigenvalue weighted by atomic mass is 10.3. The molecule has 4 aromatic rings. The summed E-state index contributed by atoms with van der Waals surface area (Å²) in [6, 6.07) is 3.34. The third kappa shape index (κ3) is 3.99. The highest BCUT2D eigenvalue weighted by atomic mass is 16.2. The molecule has 0 bridgehead atoms. The van der Waals surface area contributed by atoms with E-state index in [2.05, 4.69) is 35.1 Å². The predicted octanol–water partition coefficient (Wildman–Crippen LogP) is -0.238. The first-order valence-electron chi connectivity index (χ1n) is 11.6. The predicted molar refractivity (Wildman–Crippen MR) is 130 cm³/mol. The van der Waals surface area contributed by atoms with Crippen LogP contribution in [0.3, 0.4) is 0 Å². The largest absolute Gasteiger partial charge is 0.340 e. The van der Waals surface area contributed by atoms with Gasteiger partial charge in [0.25, 0.3) is 5.56 Å². The Balaban J connectivity index is 1.19. The fraction of sp³-hybridized carbons (Fsp3) is 0.348. The molecule has 2 atom stereocenters. The van der Waals surface area contributed by atoms with Crippen LogP contribution in [-0.2, 0) is 24.9 Å². The summed E-state index contributed by atoms with van der Waals surface area (Å²) in [6.07, 6.45) is 7.46. The van der Waals surface area contributed by atoms with Gasteiger partial charge in [-0.05, 0) is 24.3 Å². The monoisotopic (exact) mass is 499 g/mol. The Morgan fingerprint density at radius 1 is 1.16 bits per heavy atom. The molecule has 14 heteroatoms. The summed E-state index contributed by atoms with van der Waals surface area (Å²) in [5, 5.41) is 11.7. The van der Waals surface area contributed by atoms with Gasteiger partial charge in [-0.2, -0.15) is 5.26 Å². The topological polar surface area (TPSA) is 170 Å². The summed E-state index contributed by atoms with van der Waals surface area (Å²) in [7, 11) is 1.45. The molecule has 2 fully saturated rings. The van der Waals surface area contributed by atoms with Gasteiger partial charge < -0.3 is 14.8 Å². The highest BCUT2D eigenvalue weighted by Gasteiger charge is 2.45. The van der Waals surface area contributed by atoms with E-state index < -0.39 is 23.7 Å². The number of amides is 1. The summed E-state index contributed by atoms with van der Waals surface area (Å²) >= 11 is 0. The van der Waals surface area contributed by atoms with E-state index in [9.17, 15) is 14.4 Å². The Morgan fingerprint density at radius 3 is 2.65 bits per heavy atom. The van der Waals surface area contributed by atoms with Crippen LogP contribution in [0.25, 0.3) is 22.6 Å². The third-order valence-electron chi connectivity index (χ3n) is 6.73. The van der Waals surface area contributed by atoms with Crippen molar-refractivity contribution in [1.82, 2.24) is 38.6 Å². The fourth-order valence-corrected chi connectivity index (χ4v) is 4.72. The molecule has 2 aliphatic rings. The van der Waals surface area contributed by atoms with Crippen molar-refractivity contribution in [2.45, 2.75) is 19.5 Å². The first-order chi connectivity index (χ1) is 17.9. The van der Waals surface area contributed by atoms with Crippen LogP contribution >= 0.6 is 0 Å². The number of carbonyl (C=O) groups excluding carboxylic acids is 1. The number of rotatable bonds is 6. The maximum Gasteiger partial charge on any atom is 0.333 e. The molecule has 1 aliphatic carbocycles. The van der Waals surface area contributed by atoms with Crippen molar-refractivity contribution in [3.05, 3.63) is 51.8 Å². The van der Waals surface area contributed by atoms with Gasteiger partial charge in [0, 0.05) is 38.7 Å². The second-order valence-electron chi connectivity index (χ2n) is 9.18. The van der Waals surface area contributed by atoms with Crippen LogP contribution in [0, 0.1) is 23.2 Å². The average Bonchev–Trinajstić information content (AvgIpc) is 3.29. The lowest BCUT2D eigenvalue weighted by Crippen LogP contribution is -2.39. The van der Waals surface area contributed by atoms with Crippen molar-refractivity contribution < 1.29 is 4.79 Å². The van der Waals surface area contributed by atoms with Gasteiger partial charge in [-0.3, -0.25) is 14.2 Å². The minimum Gasteiger partial charge on any atom is -0.340 e. The Hall–Kier alpha value is -4.93. The molecule has 1 amide bonds. The number of aryl methyl sites for hydroxylation is 1. The van der Waals surface area contributed by atoms with E-state index >= 15 is 0 Å². The zero-order valence-electron chi connectivity index (χ0n) is 19.8. The number of carbonyl (C=O) groups is 1. The van der Waals surface area contributed by atoms with Gasteiger partial charge in [-0.25, -0.2) is 34.3 Å². The van der Waals surface area contributed by atoms with E-state index in [1.807, 2.05) is 0 Å². The molecule has 37 heavy (non-hydrogen) atoms. The van der Waals surface area contributed by atoms with Crippen molar-refractivity contribution in [2.24, 2.45) is 18.9 Å². The Labute approximate surface area is 208 Å². The van der Waals surface area contributed by atoms with E-state index in [0.717, 1.165) is 29.5 Å². The van der Waals surface area contributed by atoms with Gasteiger partial charge in [0.2, 0.25) is 11.9 Å². The quantitative estimate of drug-likeness (QED) is 0.373. The number of fused-ring (bicyclic) bond motifs is 2. The summed E-state index contributed by atoms with van der Waals surface area (Å²) in [6.45, 7) is 1.32. The standard InChI is InChI=1S/C23H21N11O3/c1-31-20-18(21(36)34(5-3-24)23(31)37)33(12-28-20)11-17(35)29-16-2-4-25-19(30-16)15-7-26-22(27-8-15)32-9-13-6-14(13)10-32/h2,4,7-8,12-14H,5-6,9-11H2,1H3,(H,25,29,30,35). The Bertz CT molecular complexity index is 1690. The number of hydrogen-bond acceptors (Lipinski definition) is 10. The third-order valence-corrected chi connectivity index (χ3v) is 6.73. The number of imidazole rings is 1. The Kier molecular flexibility index (Phi) is 5.25.